The van der Waals surface area contributed by atoms with Crippen LogP contribution in [0, 0.1) is 5.41 Å². The fourth-order valence-corrected chi connectivity index (χ4v) is 2.59. The summed E-state index contributed by atoms with van der Waals surface area (Å²) in [4.78, 5) is 2.38. The summed E-state index contributed by atoms with van der Waals surface area (Å²) in [5.41, 5.74) is 1.21. The van der Waals surface area contributed by atoms with Crippen LogP contribution in [0.2, 0.25) is 0 Å². The van der Waals surface area contributed by atoms with Crippen LogP contribution in [0.1, 0.15) is 27.2 Å². The predicted molar refractivity (Wildman–Crippen MR) is 87.3 cm³/mol. The van der Waals surface area contributed by atoms with Gasteiger partial charge in [0.25, 0.3) is 0 Å². The molecule has 0 aliphatic carbocycles. The largest absolute Gasteiger partial charge is 0.396 e. The molecule has 0 aromatic heterocycles. The highest BCUT2D eigenvalue weighted by molar-refractivity contribution is 5.94. The second kappa shape index (κ2) is 6.27. The third kappa shape index (κ3) is 2.96. The van der Waals surface area contributed by atoms with Crippen molar-refractivity contribution in [1.29, 1.82) is 0 Å². The van der Waals surface area contributed by atoms with E-state index in [2.05, 4.69) is 68.1 Å². The van der Waals surface area contributed by atoms with E-state index >= 15 is 0 Å². The van der Waals surface area contributed by atoms with Gasteiger partial charge in [-0.3, -0.25) is 0 Å². The quantitative estimate of drug-likeness (QED) is 0.856. The SMILES string of the molecule is CCN(CC(C)(CC)CO)c1cccc2ccccc12. The van der Waals surface area contributed by atoms with Crippen LogP contribution in [0.3, 0.4) is 0 Å². The molecule has 108 valence electrons. The van der Waals surface area contributed by atoms with Crippen LogP contribution in [0.4, 0.5) is 5.69 Å². The fraction of sp³-hybridized carbons (Fsp3) is 0.444. The summed E-state index contributed by atoms with van der Waals surface area (Å²) >= 11 is 0. The predicted octanol–water partition coefficient (Wildman–Crippen LogP) is 4.07. The first-order chi connectivity index (χ1) is 9.63. The fourth-order valence-electron chi connectivity index (χ4n) is 2.59. The number of hydrogen-bond donors (Lipinski definition) is 1. The van der Waals surface area contributed by atoms with E-state index in [1.165, 1.54) is 16.5 Å². The second-order valence-electron chi connectivity index (χ2n) is 5.83. The van der Waals surface area contributed by atoms with Gasteiger partial charge in [0, 0.05) is 29.6 Å². The molecular formula is C18H25NO. The van der Waals surface area contributed by atoms with Crippen LogP contribution < -0.4 is 4.90 Å². The molecule has 2 aromatic carbocycles. The van der Waals surface area contributed by atoms with E-state index in [-0.39, 0.29) is 12.0 Å². The lowest BCUT2D eigenvalue weighted by Crippen LogP contribution is -2.38. The zero-order valence-electron chi connectivity index (χ0n) is 12.8. The molecule has 0 aliphatic rings. The molecule has 2 nitrogen and oxygen atoms in total. The van der Waals surface area contributed by atoms with E-state index < -0.39 is 0 Å². The standard InChI is InChI=1S/C18H25NO/c1-4-18(3,14-20)13-19(5-2)17-12-8-10-15-9-6-7-11-16(15)17/h6-12,20H,4-5,13-14H2,1-3H3. The normalized spacial score (nSPS) is 14.2. The molecule has 1 atom stereocenters. The molecule has 2 heteroatoms. The molecule has 0 spiro atoms. The molecule has 1 unspecified atom stereocenters. The summed E-state index contributed by atoms with van der Waals surface area (Å²) in [5, 5.41) is 12.2. The summed E-state index contributed by atoms with van der Waals surface area (Å²) in [6.45, 7) is 8.53. The Bertz CT molecular complexity index is 555. The van der Waals surface area contributed by atoms with Gasteiger partial charge in [-0.25, -0.2) is 0 Å². The van der Waals surface area contributed by atoms with E-state index in [4.69, 9.17) is 0 Å². The van der Waals surface area contributed by atoms with Gasteiger partial charge < -0.3 is 10.0 Å². The van der Waals surface area contributed by atoms with Crippen molar-refractivity contribution >= 4 is 16.5 Å². The molecule has 0 fully saturated rings. The topological polar surface area (TPSA) is 23.5 Å². The van der Waals surface area contributed by atoms with Crippen LogP contribution in [-0.4, -0.2) is 24.8 Å². The smallest absolute Gasteiger partial charge is 0.0501 e. The van der Waals surface area contributed by atoms with Crippen LogP contribution >= 0.6 is 0 Å². The lowest BCUT2D eigenvalue weighted by atomic mass is 9.87. The van der Waals surface area contributed by atoms with Crippen molar-refractivity contribution in [1.82, 2.24) is 0 Å². The lowest BCUT2D eigenvalue weighted by Gasteiger charge is -2.35. The molecule has 0 saturated heterocycles. The van der Waals surface area contributed by atoms with Crippen LogP contribution in [0.5, 0.6) is 0 Å². The minimum absolute atomic E-state index is 0.0487. The number of anilines is 1. The number of aliphatic hydroxyl groups is 1. The summed E-state index contributed by atoms with van der Waals surface area (Å²) in [6, 6.07) is 14.9. The highest BCUT2D eigenvalue weighted by Crippen LogP contribution is 2.30. The molecule has 0 amide bonds. The van der Waals surface area contributed by atoms with E-state index in [0.717, 1.165) is 19.5 Å². The van der Waals surface area contributed by atoms with Crippen molar-refractivity contribution in [2.24, 2.45) is 5.41 Å². The molecule has 0 bridgehead atoms. The Kier molecular flexibility index (Phi) is 4.66. The zero-order valence-corrected chi connectivity index (χ0v) is 12.8. The average Bonchev–Trinajstić information content (AvgIpc) is 2.52. The van der Waals surface area contributed by atoms with E-state index in [1.807, 2.05) is 0 Å². The highest BCUT2D eigenvalue weighted by Gasteiger charge is 2.24. The van der Waals surface area contributed by atoms with Gasteiger partial charge in [-0.2, -0.15) is 0 Å². The van der Waals surface area contributed by atoms with Gasteiger partial charge >= 0.3 is 0 Å². The summed E-state index contributed by atoms with van der Waals surface area (Å²) in [6.07, 6.45) is 0.977. The van der Waals surface area contributed by atoms with Gasteiger partial charge in [0.15, 0.2) is 0 Å². The monoisotopic (exact) mass is 271 g/mol. The molecule has 0 radical (unpaired) electrons. The first-order valence-corrected chi connectivity index (χ1v) is 7.47. The number of rotatable bonds is 6. The Morgan fingerprint density at radius 2 is 1.75 bits per heavy atom. The minimum atomic E-state index is -0.0487. The third-order valence-corrected chi connectivity index (χ3v) is 4.30. The van der Waals surface area contributed by atoms with Crippen LogP contribution in [0.25, 0.3) is 10.8 Å². The third-order valence-electron chi connectivity index (χ3n) is 4.30. The van der Waals surface area contributed by atoms with Crippen molar-refractivity contribution in [2.45, 2.75) is 27.2 Å². The molecular weight excluding hydrogens is 246 g/mol. The van der Waals surface area contributed by atoms with E-state index in [9.17, 15) is 5.11 Å². The van der Waals surface area contributed by atoms with Gasteiger partial charge in [0.2, 0.25) is 0 Å². The Morgan fingerprint density at radius 1 is 1.05 bits per heavy atom. The molecule has 2 aromatic rings. The number of aliphatic hydroxyl groups excluding tert-OH is 1. The second-order valence-corrected chi connectivity index (χ2v) is 5.83. The molecule has 20 heavy (non-hydrogen) atoms. The zero-order chi connectivity index (χ0) is 14.6. The summed E-state index contributed by atoms with van der Waals surface area (Å²) < 4.78 is 0. The van der Waals surface area contributed by atoms with Crippen molar-refractivity contribution in [3.8, 4) is 0 Å². The number of benzene rings is 2. The molecule has 1 N–H and O–H groups in total. The highest BCUT2D eigenvalue weighted by atomic mass is 16.3. The Labute approximate surface area is 122 Å². The van der Waals surface area contributed by atoms with Crippen LogP contribution in [0.15, 0.2) is 42.5 Å². The molecule has 0 heterocycles. The number of fused-ring (bicyclic) bond motifs is 1. The first kappa shape index (κ1) is 14.9. The Hall–Kier alpha value is -1.54. The van der Waals surface area contributed by atoms with Crippen LogP contribution in [-0.2, 0) is 0 Å². The molecule has 0 saturated carbocycles. The Morgan fingerprint density at radius 3 is 2.40 bits per heavy atom. The maximum absolute atomic E-state index is 9.66. The maximum Gasteiger partial charge on any atom is 0.0501 e. The van der Waals surface area contributed by atoms with Gasteiger partial charge in [-0.1, -0.05) is 50.2 Å². The molecule has 2 rings (SSSR count). The van der Waals surface area contributed by atoms with E-state index in [1.54, 1.807) is 0 Å². The van der Waals surface area contributed by atoms with Gasteiger partial charge in [-0.15, -0.1) is 0 Å². The lowest BCUT2D eigenvalue weighted by molar-refractivity contribution is 0.143. The molecule has 0 aliphatic heterocycles. The van der Waals surface area contributed by atoms with E-state index in [0.29, 0.717) is 0 Å². The minimum Gasteiger partial charge on any atom is -0.396 e. The van der Waals surface area contributed by atoms with Gasteiger partial charge in [-0.05, 0) is 24.8 Å². The Balaban J connectivity index is 2.39. The maximum atomic E-state index is 9.66. The summed E-state index contributed by atoms with van der Waals surface area (Å²) in [5.74, 6) is 0. The van der Waals surface area contributed by atoms with Crippen molar-refractivity contribution < 1.29 is 5.11 Å². The summed E-state index contributed by atoms with van der Waals surface area (Å²) in [7, 11) is 0. The van der Waals surface area contributed by atoms with Gasteiger partial charge in [0.05, 0.1) is 6.61 Å². The first-order valence-electron chi connectivity index (χ1n) is 7.47. The van der Waals surface area contributed by atoms with Crippen molar-refractivity contribution in [3.05, 3.63) is 42.5 Å². The number of hydrogen-bond acceptors (Lipinski definition) is 2. The van der Waals surface area contributed by atoms with Crippen molar-refractivity contribution in [2.75, 3.05) is 24.6 Å². The number of nitrogens with zero attached hydrogens (tertiary/aromatic N) is 1. The van der Waals surface area contributed by atoms with Crippen molar-refractivity contribution in [3.63, 3.8) is 0 Å². The average molecular weight is 271 g/mol. The van der Waals surface area contributed by atoms with Gasteiger partial charge in [0.1, 0.15) is 0 Å².